The van der Waals surface area contributed by atoms with Crippen LogP contribution in [0.2, 0.25) is 0 Å². The van der Waals surface area contributed by atoms with E-state index in [9.17, 15) is 4.79 Å². The van der Waals surface area contributed by atoms with Crippen LogP contribution in [0.3, 0.4) is 0 Å². The molecule has 0 aromatic carbocycles. The lowest BCUT2D eigenvalue weighted by Gasteiger charge is -2.16. The van der Waals surface area contributed by atoms with Crippen molar-refractivity contribution in [1.82, 2.24) is 10.3 Å². The molecule has 1 aromatic rings. The van der Waals surface area contributed by atoms with Crippen molar-refractivity contribution in [3.05, 3.63) is 53.4 Å². The van der Waals surface area contributed by atoms with Crippen LogP contribution in [0.4, 0.5) is 0 Å². The molecule has 1 heterocycles. The van der Waals surface area contributed by atoms with Crippen molar-refractivity contribution in [3.63, 3.8) is 0 Å². The number of rotatable bonds is 8. The van der Waals surface area contributed by atoms with Gasteiger partial charge < -0.3 is 10.1 Å². The number of likely N-dealkylation sites (N-methyl/N-ethyl adjacent to an activating group) is 1. The van der Waals surface area contributed by atoms with Gasteiger partial charge in [-0.1, -0.05) is 35.5 Å². The van der Waals surface area contributed by atoms with Gasteiger partial charge in [0.1, 0.15) is 12.5 Å². The van der Waals surface area contributed by atoms with Gasteiger partial charge in [0.05, 0.1) is 10.7 Å². The standard InChI is InChI=1S/C19H26N2O2S/c1-14(2)8-7-9-15(3)11-13-23-19(22)17(18(24)20-4)16-10-5-6-12-21-16/h5-6,8,10-12,17H,7,9,13H2,1-4H3,(H,20,24)/b15-11+. The summed E-state index contributed by atoms with van der Waals surface area (Å²) >= 11 is 5.24. The second-order valence-electron chi connectivity index (χ2n) is 5.80. The monoisotopic (exact) mass is 346 g/mol. The van der Waals surface area contributed by atoms with Gasteiger partial charge in [0.15, 0.2) is 0 Å². The summed E-state index contributed by atoms with van der Waals surface area (Å²) < 4.78 is 5.38. The summed E-state index contributed by atoms with van der Waals surface area (Å²) in [5.74, 6) is -1.06. The maximum atomic E-state index is 12.4. The third-order valence-corrected chi connectivity index (χ3v) is 3.92. The summed E-state index contributed by atoms with van der Waals surface area (Å²) in [5, 5.41) is 2.85. The zero-order valence-electron chi connectivity index (χ0n) is 14.8. The van der Waals surface area contributed by atoms with Gasteiger partial charge >= 0.3 is 5.97 Å². The van der Waals surface area contributed by atoms with Crippen LogP contribution in [0.5, 0.6) is 0 Å². The van der Waals surface area contributed by atoms with Gasteiger partial charge in [-0.3, -0.25) is 9.78 Å². The number of allylic oxidation sites excluding steroid dienone is 3. The van der Waals surface area contributed by atoms with Crippen molar-refractivity contribution in [2.24, 2.45) is 0 Å². The van der Waals surface area contributed by atoms with E-state index in [1.54, 1.807) is 25.4 Å². The van der Waals surface area contributed by atoms with Gasteiger partial charge in [0, 0.05) is 13.2 Å². The minimum atomic E-state index is -0.675. The Balaban J connectivity index is 2.63. The summed E-state index contributed by atoms with van der Waals surface area (Å²) in [5.41, 5.74) is 3.10. The minimum absolute atomic E-state index is 0.245. The molecule has 4 nitrogen and oxygen atoms in total. The highest BCUT2D eigenvalue weighted by atomic mass is 32.1. The quantitative estimate of drug-likeness (QED) is 0.439. The van der Waals surface area contributed by atoms with E-state index < -0.39 is 5.92 Å². The highest BCUT2D eigenvalue weighted by molar-refractivity contribution is 7.80. The summed E-state index contributed by atoms with van der Waals surface area (Å²) in [7, 11) is 1.69. The average Bonchev–Trinajstić information content (AvgIpc) is 2.55. The van der Waals surface area contributed by atoms with E-state index in [-0.39, 0.29) is 12.6 Å². The number of ether oxygens (including phenoxy) is 1. The molecule has 0 fully saturated rings. The first-order valence-electron chi connectivity index (χ1n) is 8.03. The number of aromatic nitrogens is 1. The lowest BCUT2D eigenvalue weighted by molar-refractivity contribution is -0.142. The van der Waals surface area contributed by atoms with E-state index in [2.05, 4.69) is 30.2 Å². The fraction of sp³-hybridized carbons (Fsp3) is 0.421. The molecule has 0 spiro atoms. The normalized spacial score (nSPS) is 12.2. The Hall–Kier alpha value is -2.01. The highest BCUT2D eigenvalue weighted by Gasteiger charge is 2.27. The van der Waals surface area contributed by atoms with Gasteiger partial charge in [0.25, 0.3) is 0 Å². The Bertz CT molecular complexity index is 605. The van der Waals surface area contributed by atoms with E-state index in [4.69, 9.17) is 17.0 Å². The summed E-state index contributed by atoms with van der Waals surface area (Å²) in [6, 6.07) is 5.40. The van der Waals surface area contributed by atoms with Gasteiger partial charge in [0.2, 0.25) is 0 Å². The second kappa shape index (κ2) is 10.7. The largest absolute Gasteiger partial charge is 0.461 e. The zero-order valence-corrected chi connectivity index (χ0v) is 15.7. The summed E-state index contributed by atoms with van der Waals surface area (Å²) in [4.78, 5) is 17.0. The SMILES string of the molecule is CNC(=S)C(C(=O)OC/C=C(\C)CCC=C(C)C)c1ccccn1. The van der Waals surface area contributed by atoms with E-state index in [0.717, 1.165) is 12.8 Å². The molecule has 1 rings (SSSR count). The Morgan fingerprint density at radius 3 is 2.67 bits per heavy atom. The number of nitrogens with one attached hydrogen (secondary N) is 1. The summed E-state index contributed by atoms with van der Waals surface area (Å²) in [6.45, 7) is 6.46. The van der Waals surface area contributed by atoms with Crippen LogP contribution in [-0.2, 0) is 9.53 Å². The topological polar surface area (TPSA) is 51.2 Å². The van der Waals surface area contributed by atoms with Gasteiger partial charge in [-0.05, 0) is 51.8 Å². The fourth-order valence-corrected chi connectivity index (χ4v) is 2.31. The Morgan fingerprint density at radius 2 is 2.08 bits per heavy atom. The predicted octanol–water partition coefficient (Wildman–Crippen LogP) is 3.95. The maximum Gasteiger partial charge on any atom is 0.322 e. The first-order chi connectivity index (χ1) is 11.5. The molecule has 0 aliphatic carbocycles. The minimum Gasteiger partial charge on any atom is -0.461 e. The average molecular weight is 346 g/mol. The molecule has 0 saturated carbocycles. The van der Waals surface area contributed by atoms with Crippen LogP contribution in [-0.4, -0.2) is 29.6 Å². The number of hydrogen-bond acceptors (Lipinski definition) is 4. The van der Waals surface area contributed by atoms with Crippen molar-refractivity contribution in [3.8, 4) is 0 Å². The predicted molar refractivity (Wildman–Crippen MR) is 102 cm³/mol. The lowest BCUT2D eigenvalue weighted by atomic mass is 10.0. The molecule has 1 unspecified atom stereocenters. The van der Waals surface area contributed by atoms with Crippen molar-refractivity contribution in [2.45, 2.75) is 39.5 Å². The van der Waals surface area contributed by atoms with Gasteiger partial charge in [-0.25, -0.2) is 0 Å². The van der Waals surface area contributed by atoms with Crippen LogP contribution in [0.25, 0.3) is 0 Å². The molecule has 1 atom stereocenters. The molecular formula is C19H26N2O2S. The molecule has 24 heavy (non-hydrogen) atoms. The number of esters is 1. The third kappa shape index (κ3) is 7.04. The fourth-order valence-electron chi connectivity index (χ4n) is 2.09. The van der Waals surface area contributed by atoms with Crippen molar-refractivity contribution in [2.75, 3.05) is 13.7 Å². The Morgan fingerprint density at radius 1 is 1.33 bits per heavy atom. The zero-order chi connectivity index (χ0) is 17.9. The van der Waals surface area contributed by atoms with Crippen molar-refractivity contribution < 1.29 is 9.53 Å². The van der Waals surface area contributed by atoms with E-state index in [0.29, 0.717) is 10.7 Å². The van der Waals surface area contributed by atoms with E-state index in [1.165, 1.54) is 11.1 Å². The van der Waals surface area contributed by atoms with Crippen molar-refractivity contribution >= 4 is 23.2 Å². The first-order valence-corrected chi connectivity index (χ1v) is 8.44. The number of hydrogen-bond donors (Lipinski definition) is 1. The Labute approximate surface area is 150 Å². The first kappa shape index (κ1) is 20.0. The summed E-state index contributed by atoms with van der Waals surface area (Å²) in [6.07, 6.45) is 7.74. The molecule has 0 saturated heterocycles. The molecule has 0 radical (unpaired) electrons. The van der Waals surface area contributed by atoms with Crippen LogP contribution < -0.4 is 5.32 Å². The molecule has 130 valence electrons. The second-order valence-corrected chi connectivity index (χ2v) is 6.24. The molecule has 1 N–H and O–H groups in total. The van der Waals surface area contributed by atoms with Crippen LogP contribution >= 0.6 is 12.2 Å². The van der Waals surface area contributed by atoms with Crippen LogP contribution in [0, 0.1) is 0 Å². The molecule has 0 aliphatic rings. The number of carbonyl (C=O) groups is 1. The molecule has 0 bridgehead atoms. The number of pyridine rings is 1. The molecule has 5 heteroatoms. The highest BCUT2D eigenvalue weighted by Crippen LogP contribution is 2.16. The van der Waals surface area contributed by atoms with Crippen LogP contribution in [0.1, 0.15) is 45.2 Å². The number of thiocarbonyl (C=S) groups is 1. The Kier molecular flexibility index (Phi) is 8.94. The molecule has 1 aromatic heterocycles. The lowest BCUT2D eigenvalue weighted by Crippen LogP contribution is -2.31. The number of nitrogens with zero attached hydrogens (tertiary/aromatic N) is 1. The third-order valence-electron chi connectivity index (χ3n) is 3.48. The van der Waals surface area contributed by atoms with Crippen LogP contribution in [0.15, 0.2) is 47.7 Å². The molecular weight excluding hydrogens is 320 g/mol. The molecule has 0 aliphatic heterocycles. The van der Waals surface area contributed by atoms with Gasteiger partial charge in [-0.2, -0.15) is 0 Å². The van der Waals surface area contributed by atoms with E-state index in [1.807, 2.05) is 19.1 Å². The molecule has 0 amide bonds. The smallest absolute Gasteiger partial charge is 0.322 e. The van der Waals surface area contributed by atoms with E-state index >= 15 is 0 Å². The maximum absolute atomic E-state index is 12.4. The van der Waals surface area contributed by atoms with Gasteiger partial charge in [-0.15, -0.1) is 0 Å². The number of carbonyl (C=O) groups excluding carboxylic acids is 1. The van der Waals surface area contributed by atoms with Crippen molar-refractivity contribution in [1.29, 1.82) is 0 Å².